The van der Waals surface area contributed by atoms with Crippen LogP contribution in [-0.4, -0.2) is 60.8 Å². The van der Waals surface area contributed by atoms with E-state index < -0.39 is 18.6 Å². The van der Waals surface area contributed by atoms with Gasteiger partial charge in [-0.15, -0.1) is 0 Å². The maximum Gasteiger partial charge on any atom is 0.341 e. The van der Waals surface area contributed by atoms with Crippen molar-refractivity contribution >= 4 is 23.5 Å². The first-order chi connectivity index (χ1) is 17.4. The molecule has 1 aliphatic rings. The molecule has 0 radical (unpaired) electrons. The average Bonchev–Trinajstić information content (AvgIpc) is 2.90. The van der Waals surface area contributed by atoms with Crippen LogP contribution >= 0.6 is 11.6 Å². The van der Waals surface area contributed by atoms with E-state index in [1.165, 1.54) is 14.2 Å². The lowest BCUT2D eigenvalue weighted by molar-refractivity contribution is -0.139. The van der Waals surface area contributed by atoms with Crippen LogP contribution in [0.2, 0.25) is 5.02 Å². The summed E-state index contributed by atoms with van der Waals surface area (Å²) in [4.78, 5) is 30.5. The van der Waals surface area contributed by atoms with Gasteiger partial charge in [0.05, 0.1) is 20.3 Å². The zero-order chi connectivity index (χ0) is 25.7. The van der Waals surface area contributed by atoms with Gasteiger partial charge in [-0.05, 0) is 41.8 Å². The maximum absolute atomic E-state index is 13.5. The largest absolute Gasteiger partial charge is 0.482 e. The summed E-state index contributed by atoms with van der Waals surface area (Å²) in [5, 5.41) is 9.57. The molecule has 1 N–H and O–H groups in total. The lowest BCUT2D eigenvalue weighted by Gasteiger charge is -2.38. The third kappa shape index (κ3) is 5.46. The Morgan fingerprint density at radius 1 is 1.00 bits per heavy atom. The molecule has 3 aromatic rings. The van der Waals surface area contributed by atoms with E-state index >= 15 is 0 Å². The number of carbonyl (C=O) groups excluding carboxylic acids is 1. The van der Waals surface area contributed by atoms with E-state index in [0.717, 1.165) is 11.1 Å². The molecule has 0 spiro atoms. The molecule has 1 aromatic heterocycles. The van der Waals surface area contributed by atoms with E-state index in [1.54, 1.807) is 35.2 Å². The predicted octanol–water partition coefficient (Wildman–Crippen LogP) is 3.77. The Balaban J connectivity index is 1.66. The second-order valence-corrected chi connectivity index (χ2v) is 8.39. The first-order valence-electron chi connectivity index (χ1n) is 11.1. The zero-order valence-electron chi connectivity index (χ0n) is 19.8. The fourth-order valence-corrected chi connectivity index (χ4v) is 4.36. The van der Waals surface area contributed by atoms with Crippen LogP contribution in [0.15, 0.2) is 54.6 Å². The number of hydrogen-bond acceptors (Lipinski definition) is 7. The summed E-state index contributed by atoms with van der Waals surface area (Å²) in [5.74, 6) is -0.202. The summed E-state index contributed by atoms with van der Waals surface area (Å²) in [7, 11) is 2.94. The molecule has 1 amide bonds. The van der Waals surface area contributed by atoms with Crippen molar-refractivity contribution in [2.24, 2.45) is 0 Å². The van der Waals surface area contributed by atoms with E-state index in [4.69, 9.17) is 35.7 Å². The third-order valence-electron chi connectivity index (χ3n) is 5.77. The second kappa shape index (κ2) is 11.2. The van der Waals surface area contributed by atoms with Gasteiger partial charge >= 0.3 is 5.97 Å². The molecular weight excluding hydrogens is 488 g/mol. The highest BCUT2D eigenvalue weighted by molar-refractivity contribution is 6.30. The van der Waals surface area contributed by atoms with Crippen molar-refractivity contribution in [2.75, 3.05) is 34.0 Å². The van der Waals surface area contributed by atoms with Gasteiger partial charge in [-0.25, -0.2) is 4.79 Å². The van der Waals surface area contributed by atoms with Crippen LogP contribution in [0, 0.1) is 0 Å². The average molecular weight is 513 g/mol. The Morgan fingerprint density at radius 2 is 1.75 bits per heavy atom. The molecule has 1 unspecified atom stereocenters. The Bertz CT molecular complexity index is 1270. The summed E-state index contributed by atoms with van der Waals surface area (Å²) < 4.78 is 21.7. The van der Waals surface area contributed by atoms with Gasteiger partial charge in [0.2, 0.25) is 5.88 Å². The smallest absolute Gasteiger partial charge is 0.341 e. The number of methoxy groups -OCH3 is 2. The van der Waals surface area contributed by atoms with E-state index in [-0.39, 0.29) is 18.4 Å². The highest BCUT2D eigenvalue weighted by atomic mass is 35.5. The van der Waals surface area contributed by atoms with Gasteiger partial charge in [-0.3, -0.25) is 4.79 Å². The zero-order valence-corrected chi connectivity index (χ0v) is 20.5. The van der Waals surface area contributed by atoms with Crippen LogP contribution in [0.25, 0.3) is 0 Å². The first-order valence-corrected chi connectivity index (χ1v) is 11.5. The highest BCUT2D eigenvalue weighted by Crippen LogP contribution is 2.40. The monoisotopic (exact) mass is 512 g/mol. The molecule has 9 nitrogen and oxygen atoms in total. The fourth-order valence-electron chi connectivity index (χ4n) is 4.18. The van der Waals surface area contributed by atoms with E-state index in [0.29, 0.717) is 40.9 Å². The Hall–Kier alpha value is -3.98. The normalized spacial score (nSPS) is 14.5. The predicted molar refractivity (Wildman–Crippen MR) is 131 cm³/mol. The van der Waals surface area contributed by atoms with E-state index in [2.05, 4.69) is 4.98 Å². The number of pyridine rings is 1. The minimum absolute atomic E-state index is 0.196. The molecule has 4 rings (SSSR count). The molecule has 2 aromatic carbocycles. The molecule has 1 atom stereocenters. The number of benzene rings is 2. The molecule has 0 bridgehead atoms. The number of carbonyl (C=O) groups is 2. The standard InChI is InChI=1S/C26H25ClN2O7/c1-33-22-10-9-21(26(28-22)34-2)35-14-23(30)29-12-11-16-5-3-4-6-18(16)25(29)19-13-17(27)7-8-20(19)36-15-24(31)32/h3-10,13,25H,11-12,14-15H2,1-2H3,(H,31,32). The first kappa shape index (κ1) is 25.1. The lowest BCUT2D eigenvalue weighted by Crippen LogP contribution is -2.43. The number of ether oxygens (including phenoxy) is 4. The second-order valence-electron chi connectivity index (χ2n) is 7.95. The Kier molecular flexibility index (Phi) is 7.80. The lowest BCUT2D eigenvalue weighted by atomic mass is 9.87. The van der Waals surface area contributed by atoms with Crippen molar-refractivity contribution in [3.8, 4) is 23.3 Å². The number of amides is 1. The molecular formula is C26H25ClN2O7. The van der Waals surface area contributed by atoms with Gasteiger partial charge in [0.1, 0.15) is 5.75 Å². The van der Waals surface area contributed by atoms with Gasteiger partial charge in [0, 0.05) is 23.2 Å². The molecule has 36 heavy (non-hydrogen) atoms. The molecule has 188 valence electrons. The van der Waals surface area contributed by atoms with Crippen LogP contribution < -0.4 is 18.9 Å². The van der Waals surface area contributed by atoms with Crippen LogP contribution in [0.3, 0.4) is 0 Å². The van der Waals surface area contributed by atoms with E-state index in [1.807, 2.05) is 24.3 Å². The summed E-state index contributed by atoms with van der Waals surface area (Å²) in [6.45, 7) is -0.369. The minimum Gasteiger partial charge on any atom is -0.482 e. The topological polar surface area (TPSA) is 107 Å². The number of hydrogen-bond donors (Lipinski definition) is 1. The molecule has 0 saturated carbocycles. The van der Waals surface area contributed by atoms with Gasteiger partial charge in [0.25, 0.3) is 11.8 Å². The molecule has 2 heterocycles. The van der Waals surface area contributed by atoms with Crippen LogP contribution in [0.1, 0.15) is 22.7 Å². The van der Waals surface area contributed by atoms with Gasteiger partial charge < -0.3 is 29.0 Å². The summed E-state index contributed by atoms with van der Waals surface area (Å²) >= 11 is 6.32. The van der Waals surface area contributed by atoms with Crippen molar-refractivity contribution in [1.82, 2.24) is 9.88 Å². The van der Waals surface area contributed by atoms with Crippen molar-refractivity contribution < 1.29 is 33.6 Å². The Morgan fingerprint density at radius 3 is 2.50 bits per heavy atom. The van der Waals surface area contributed by atoms with Crippen LogP contribution in [-0.2, 0) is 16.0 Å². The third-order valence-corrected chi connectivity index (χ3v) is 6.01. The number of aromatic nitrogens is 1. The molecule has 0 saturated heterocycles. The van der Waals surface area contributed by atoms with E-state index in [9.17, 15) is 9.59 Å². The van der Waals surface area contributed by atoms with Crippen molar-refractivity contribution in [3.05, 3.63) is 76.3 Å². The SMILES string of the molecule is COc1ccc(OCC(=O)N2CCc3ccccc3C2c2cc(Cl)ccc2OCC(=O)O)c(OC)n1. The number of carboxylic acid groups (broad SMARTS) is 1. The number of nitrogens with zero attached hydrogens (tertiary/aromatic N) is 2. The van der Waals surface area contributed by atoms with Crippen molar-refractivity contribution in [2.45, 2.75) is 12.5 Å². The number of carboxylic acids is 1. The van der Waals surface area contributed by atoms with Crippen molar-refractivity contribution in [3.63, 3.8) is 0 Å². The van der Waals surface area contributed by atoms with Crippen molar-refractivity contribution in [1.29, 1.82) is 0 Å². The Labute approximate surface area is 213 Å². The fraction of sp³-hybridized carbons (Fsp3) is 0.269. The van der Waals surface area contributed by atoms with Gasteiger partial charge in [-0.1, -0.05) is 35.9 Å². The molecule has 10 heteroatoms. The summed E-state index contributed by atoms with van der Waals surface area (Å²) in [6.07, 6.45) is 0.651. The molecule has 0 fully saturated rings. The van der Waals surface area contributed by atoms with Gasteiger partial charge in [0.15, 0.2) is 19.0 Å². The molecule has 0 aliphatic carbocycles. The molecule has 1 aliphatic heterocycles. The quantitative estimate of drug-likeness (QED) is 0.461. The summed E-state index contributed by atoms with van der Waals surface area (Å²) in [6, 6.07) is 15.4. The maximum atomic E-state index is 13.5. The number of halogens is 1. The highest BCUT2D eigenvalue weighted by Gasteiger charge is 2.34. The van der Waals surface area contributed by atoms with Gasteiger partial charge in [-0.2, -0.15) is 4.98 Å². The van der Waals surface area contributed by atoms with Crippen LogP contribution in [0.4, 0.5) is 0 Å². The number of rotatable bonds is 9. The summed E-state index contributed by atoms with van der Waals surface area (Å²) in [5.41, 5.74) is 2.58. The number of aliphatic carboxylic acids is 1. The minimum atomic E-state index is -1.11. The van der Waals surface area contributed by atoms with Crippen LogP contribution in [0.5, 0.6) is 23.3 Å². The number of fused-ring (bicyclic) bond motifs is 1.